The van der Waals surface area contributed by atoms with Crippen LogP contribution in [0.1, 0.15) is 5.56 Å². The van der Waals surface area contributed by atoms with Crippen LogP contribution in [0.15, 0.2) is 47.4 Å². The minimum absolute atomic E-state index is 0.258. The second kappa shape index (κ2) is 7.80. The van der Waals surface area contributed by atoms with E-state index in [0.717, 1.165) is 11.6 Å². The molecule has 0 saturated heterocycles. The number of hydrogen-bond donors (Lipinski definition) is 4. The maximum atomic E-state index is 11.9. The maximum Gasteiger partial charge on any atom is 0.319 e. The second-order valence-corrected chi connectivity index (χ2v) is 6.82. The summed E-state index contributed by atoms with van der Waals surface area (Å²) in [5.74, 6) is -0.874. The van der Waals surface area contributed by atoms with Gasteiger partial charge in [-0.15, -0.1) is 0 Å². The molecule has 0 fully saturated rings. The molecule has 0 aliphatic rings. The Balaban J connectivity index is 2.13. The van der Waals surface area contributed by atoms with Crippen molar-refractivity contribution in [3.63, 3.8) is 0 Å². The summed E-state index contributed by atoms with van der Waals surface area (Å²) in [6.07, 6.45) is 0.539. The van der Waals surface area contributed by atoms with E-state index in [2.05, 4.69) is 10.6 Å². The lowest BCUT2D eigenvalue weighted by Gasteiger charge is -2.10. The number of sulfonamides is 1. The maximum absolute atomic E-state index is 11.9. The van der Waals surface area contributed by atoms with Gasteiger partial charge >= 0.3 is 11.7 Å². The monoisotopic (exact) mass is 380 g/mol. The molecule has 2 rings (SSSR count). The van der Waals surface area contributed by atoms with Gasteiger partial charge < -0.3 is 15.7 Å². The number of nitro benzene ring substituents is 1. The quantitative estimate of drug-likeness (QED) is 0.335. The number of primary sulfonamides is 1. The van der Waals surface area contributed by atoms with Crippen molar-refractivity contribution in [3.8, 4) is 5.75 Å². The zero-order chi connectivity index (χ0) is 19.3. The number of aromatic hydroxyl groups is 1. The minimum Gasteiger partial charge on any atom is -0.501 e. The molecule has 0 aliphatic heterocycles. The average Bonchev–Trinajstić information content (AvgIpc) is 2.56. The van der Waals surface area contributed by atoms with Crippen LogP contribution in [0.4, 0.5) is 16.2 Å². The highest BCUT2D eigenvalue weighted by Crippen LogP contribution is 2.36. The van der Waals surface area contributed by atoms with Gasteiger partial charge in [-0.2, -0.15) is 0 Å². The highest BCUT2D eigenvalue weighted by atomic mass is 32.2. The number of anilines is 1. The van der Waals surface area contributed by atoms with Gasteiger partial charge in [-0.3, -0.25) is 10.1 Å². The van der Waals surface area contributed by atoms with Gasteiger partial charge in [0.2, 0.25) is 15.8 Å². The summed E-state index contributed by atoms with van der Waals surface area (Å²) in [6, 6.07) is 10.0. The fraction of sp³-hybridized carbons (Fsp3) is 0.133. The predicted molar refractivity (Wildman–Crippen MR) is 93.3 cm³/mol. The summed E-state index contributed by atoms with van der Waals surface area (Å²) in [5.41, 5.74) is -0.348. The van der Waals surface area contributed by atoms with Crippen molar-refractivity contribution in [3.05, 3.63) is 58.1 Å². The number of hydrogen-bond acceptors (Lipinski definition) is 6. The number of nitrogens with two attached hydrogens (primary N) is 1. The summed E-state index contributed by atoms with van der Waals surface area (Å²) in [7, 11) is -4.27. The Bertz CT molecular complexity index is 931. The first-order valence-corrected chi connectivity index (χ1v) is 8.86. The van der Waals surface area contributed by atoms with Gasteiger partial charge in [-0.05, 0) is 18.1 Å². The number of nitrogens with one attached hydrogen (secondary N) is 2. The first kappa shape index (κ1) is 19.1. The van der Waals surface area contributed by atoms with Gasteiger partial charge in [0.1, 0.15) is 0 Å². The number of benzene rings is 2. The van der Waals surface area contributed by atoms with Crippen LogP contribution >= 0.6 is 0 Å². The summed E-state index contributed by atoms with van der Waals surface area (Å²) in [6.45, 7) is 0.258. The lowest BCUT2D eigenvalue weighted by molar-refractivity contribution is -0.386. The fourth-order valence-electron chi connectivity index (χ4n) is 2.12. The molecule has 0 atom stereocenters. The van der Waals surface area contributed by atoms with Crippen LogP contribution < -0.4 is 15.8 Å². The average molecular weight is 380 g/mol. The smallest absolute Gasteiger partial charge is 0.319 e. The van der Waals surface area contributed by atoms with Gasteiger partial charge in [-0.1, -0.05) is 30.3 Å². The summed E-state index contributed by atoms with van der Waals surface area (Å²) >= 11 is 0. The normalized spacial score (nSPS) is 11.0. The van der Waals surface area contributed by atoms with Crippen molar-refractivity contribution in [1.82, 2.24) is 5.32 Å². The number of phenols is 1. The predicted octanol–water partition coefficient (Wildman–Crippen LogP) is 1.31. The van der Waals surface area contributed by atoms with Crippen LogP contribution in [0.2, 0.25) is 0 Å². The molecule has 0 aromatic heterocycles. The van der Waals surface area contributed by atoms with E-state index in [1.165, 1.54) is 0 Å². The van der Waals surface area contributed by atoms with E-state index in [1.54, 1.807) is 0 Å². The molecule has 10 nitrogen and oxygen atoms in total. The molecule has 11 heteroatoms. The van der Waals surface area contributed by atoms with Crippen molar-refractivity contribution in [2.24, 2.45) is 5.14 Å². The molecular formula is C15H16N4O6S. The van der Waals surface area contributed by atoms with E-state index >= 15 is 0 Å². The molecule has 0 saturated carbocycles. The SMILES string of the molecule is NS(=O)(=O)c1cc(NC(=O)NCCc2ccccc2)c(O)c([N+](=O)[O-])c1. The number of amides is 2. The van der Waals surface area contributed by atoms with E-state index < -0.39 is 43.0 Å². The van der Waals surface area contributed by atoms with Gasteiger partial charge in [0.25, 0.3) is 0 Å². The Morgan fingerprint density at radius 2 is 1.88 bits per heavy atom. The first-order chi connectivity index (χ1) is 12.2. The molecule has 0 unspecified atom stereocenters. The van der Waals surface area contributed by atoms with Crippen LogP contribution in [-0.4, -0.2) is 31.0 Å². The standard InChI is InChI=1S/C15H16N4O6S/c16-26(24,25)11-8-12(14(20)13(9-11)19(22)23)18-15(21)17-7-6-10-4-2-1-3-5-10/h1-5,8-9,20H,6-7H2,(H2,16,24,25)(H2,17,18,21). The van der Waals surface area contributed by atoms with E-state index in [4.69, 9.17) is 5.14 Å². The van der Waals surface area contributed by atoms with Gasteiger partial charge in [0.15, 0.2) is 0 Å². The Labute approximate surface area is 148 Å². The minimum atomic E-state index is -4.27. The van der Waals surface area contributed by atoms with Crippen LogP contribution in [-0.2, 0) is 16.4 Å². The van der Waals surface area contributed by atoms with E-state index in [0.29, 0.717) is 12.5 Å². The topological polar surface area (TPSA) is 165 Å². The number of carbonyl (C=O) groups excluding carboxylic acids is 1. The van der Waals surface area contributed by atoms with E-state index in [-0.39, 0.29) is 6.54 Å². The lowest BCUT2D eigenvalue weighted by Crippen LogP contribution is -2.30. The Morgan fingerprint density at radius 1 is 1.23 bits per heavy atom. The number of rotatable bonds is 6. The van der Waals surface area contributed by atoms with Crippen LogP contribution in [0.3, 0.4) is 0 Å². The molecule has 138 valence electrons. The molecule has 0 radical (unpaired) electrons. The van der Waals surface area contributed by atoms with Crippen molar-refractivity contribution < 1.29 is 23.2 Å². The Kier molecular flexibility index (Phi) is 5.75. The summed E-state index contributed by atoms with van der Waals surface area (Å²) in [4.78, 5) is 21.3. The lowest BCUT2D eigenvalue weighted by atomic mass is 10.1. The molecule has 5 N–H and O–H groups in total. The molecule has 2 amide bonds. The molecule has 0 bridgehead atoms. The summed E-state index contributed by atoms with van der Waals surface area (Å²) in [5, 5.41) is 30.5. The Morgan fingerprint density at radius 3 is 2.46 bits per heavy atom. The zero-order valence-electron chi connectivity index (χ0n) is 13.4. The fourth-order valence-corrected chi connectivity index (χ4v) is 2.68. The van der Waals surface area contributed by atoms with Crippen molar-refractivity contribution >= 4 is 27.4 Å². The Hall–Kier alpha value is -3.18. The molecule has 0 spiro atoms. The number of carbonyl (C=O) groups is 1. The van der Waals surface area contributed by atoms with Crippen molar-refractivity contribution in [2.45, 2.75) is 11.3 Å². The van der Waals surface area contributed by atoms with E-state index in [1.807, 2.05) is 30.3 Å². The second-order valence-electron chi connectivity index (χ2n) is 5.26. The van der Waals surface area contributed by atoms with Crippen molar-refractivity contribution in [2.75, 3.05) is 11.9 Å². The number of urea groups is 1. The third-order valence-electron chi connectivity index (χ3n) is 3.38. The largest absolute Gasteiger partial charge is 0.501 e. The third kappa shape index (κ3) is 4.91. The molecule has 2 aromatic rings. The zero-order valence-corrected chi connectivity index (χ0v) is 14.2. The molecule has 0 aliphatic carbocycles. The van der Waals surface area contributed by atoms with Gasteiger partial charge in [0.05, 0.1) is 15.5 Å². The number of phenolic OH excluding ortho intramolecular Hbond substituents is 1. The molecule has 26 heavy (non-hydrogen) atoms. The number of nitro groups is 1. The molecular weight excluding hydrogens is 364 g/mol. The van der Waals surface area contributed by atoms with Crippen LogP contribution in [0.25, 0.3) is 0 Å². The van der Waals surface area contributed by atoms with Crippen LogP contribution in [0, 0.1) is 10.1 Å². The van der Waals surface area contributed by atoms with Gasteiger partial charge in [-0.25, -0.2) is 18.4 Å². The first-order valence-electron chi connectivity index (χ1n) is 7.31. The van der Waals surface area contributed by atoms with Gasteiger partial charge in [0, 0.05) is 12.6 Å². The van der Waals surface area contributed by atoms with E-state index in [9.17, 15) is 28.4 Å². The molecule has 0 heterocycles. The molecule has 2 aromatic carbocycles. The third-order valence-corrected chi connectivity index (χ3v) is 4.27. The number of nitrogens with zero attached hydrogens (tertiary/aromatic N) is 1. The highest BCUT2D eigenvalue weighted by Gasteiger charge is 2.24. The highest BCUT2D eigenvalue weighted by molar-refractivity contribution is 7.89. The van der Waals surface area contributed by atoms with Crippen LogP contribution in [0.5, 0.6) is 5.75 Å². The van der Waals surface area contributed by atoms with Crippen molar-refractivity contribution in [1.29, 1.82) is 0 Å². The summed E-state index contributed by atoms with van der Waals surface area (Å²) < 4.78 is 22.9.